The van der Waals surface area contributed by atoms with Gasteiger partial charge in [-0.2, -0.15) is 0 Å². The minimum Gasteiger partial charge on any atom is -0.342 e. The van der Waals surface area contributed by atoms with E-state index in [0.29, 0.717) is 11.8 Å². The smallest absolute Gasteiger partial charge is 0.228 e. The zero-order valence-electron chi connectivity index (χ0n) is 11.5. The molecule has 1 aliphatic heterocycles. The predicted molar refractivity (Wildman–Crippen MR) is 69.5 cm³/mol. The summed E-state index contributed by atoms with van der Waals surface area (Å²) in [6.45, 7) is 9.20. The molecule has 2 aliphatic rings. The van der Waals surface area contributed by atoms with Gasteiger partial charge >= 0.3 is 0 Å². The van der Waals surface area contributed by atoms with E-state index in [4.69, 9.17) is 5.73 Å². The molecule has 1 saturated carbocycles. The molecular weight excluding hydrogens is 212 g/mol. The highest BCUT2D eigenvalue weighted by atomic mass is 16.2. The minimum atomic E-state index is -0.00375. The highest BCUT2D eigenvalue weighted by Crippen LogP contribution is 2.47. The number of likely N-dealkylation sites (tertiary alicyclic amines) is 1. The normalized spacial score (nSPS) is 24.8. The van der Waals surface area contributed by atoms with E-state index in [1.54, 1.807) is 0 Å². The van der Waals surface area contributed by atoms with Crippen LogP contribution in [0, 0.1) is 16.7 Å². The van der Waals surface area contributed by atoms with Crippen LogP contribution in [-0.2, 0) is 4.79 Å². The maximum atomic E-state index is 12.2. The molecule has 1 heterocycles. The van der Waals surface area contributed by atoms with Gasteiger partial charge in [0.2, 0.25) is 5.91 Å². The molecule has 2 fully saturated rings. The molecule has 0 aromatic rings. The van der Waals surface area contributed by atoms with E-state index in [1.165, 1.54) is 0 Å². The number of hydrogen-bond acceptors (Lipinski definition) is 2. The summed E-state index contributed by atoms with van der Waals surface area (Å²) in [4.78, 5) is 14.3. The monoisotopic (exact) mass is 238 g/mol. The van der Waals surface area contributed by atoms with Crippen molar-refractivity contribution in [3.05, 3.63) is 0 Å². The number of carbonyl (C=O) groups excluding carboxylic acids is 1. The molecule has 98 valence electrons. The van der Waals surface area contributed by atoms with Gasteiger partial charge in [-0.05, 0) is 43.6 Å². The summed E-state index contributed by atoms with van der Waals surface area (Å²) in [6, 6.07) is 0. The van der Waals surface area contributed by atoms with Crippen molar-refractivity contribution in [2.24, 2.45) is 22.5 Å². The lowest BCUT2D eigenvalue weighted by atomic mass is 9.73. The molecular formula is C14H26N2O. The van der Waals surface area contributed by atoms with Crippen molar-refractivity contribution in [3.63, 3.8) is 0 Å². The number of piperidine rings is 1. The van der Waals surface area contributed by atoms with Gasteiger partial charge in [-0.1, -0.05) is 20.8 Å². The molecule has 0 bridgehead atoms. The third-order valence-corrected chi connectivity index (χ3v) is 4.93. The van der Waals surface area contributed by atoms with Crippen molar-refractivity contribution < 1.29 is 4.79 Å². The molecule has 3 heteroatoms. The second-order valence-electron chi connectivity index (χ2n) is 6.82. The Balaban J connectivity index is 1.88. The van der Waals surface area contributed by atoms with Gasteiger partial charge in [-0.3, -0.25) is 4.79 Å². The third-order valence-electron chi connectivity index (χ3n) is 4.93. The lowest BCUT2D eigenvalue weighted by Crippen LogP contribution is -2.45. The van der Waals surface area contributed by atoms with E-state index in [0.717, 1.165) is 45.3 Å². The highest BCUT2D eigenvalue weighted by molar-refractivity contribution is 5.84. The van der Waals surface area contributed by atoms with Crippen molar-refractivity contribution in [2.45, 2.75) is 46.5 Å². The molecule has 1 amide bonds. The first-order chi connectivity index (χ1) is 7.89. The van der Waals surface area contributed by atoms with Crippen LogP contribution in [0.5, 0.6) is 0 Å². The second kappa shape index (κ2) is 4.27. The zero-order valence-corrected chi connectivity index (χ0v) is 11.5. The molecule has 0 aromatic heterocycles. The van der Waals surface area contributed by atoms with E-state index in [9.17, 15) is 4.79 Å². The molecule has 0 atom stereocenters. The highest BCUT2D eigenvalue weighted by Gasteiger charge is 2.47. The Morgan fingerprint density at radius 1 is 1.35 bits per heavy atom. The van der Waals surface area contributed by atoms with E-state index >= 15 is 0 Å². The molecule has 2 N–H and O–H groups in total. The lowest BCUT2D eigenvalue weighted by molar-refractivity contribution is -0.138. The number of nitrogens with two attached hydrogens (primary N) is 1. The summed E-state index contributed by atoms with van der Waals surface area (Å²) >= 11 is 0. The number of nitrogens with zero attached hydrogens (tertiary/aromatic N) is 1. The van der Waals surface area contributed by atoms with Gasteiger partial charge < -0.3 is 10.6 Å². The van der Waals surface area contributed by atoms with Crippen molar-refractivity contribution in [1.29, 1.82) is 0 Å². The van der Waals surface area contributed by atoms with E-state index in [2.05, 4.69) is 25.7 Å². The fourth-order valence-electron chi connectivity index (χ4n) is 2.81. The maximum Gasteiger partial charge on any atom is 0.228 e. The Labute approximate surface area is 105 Å². The summed E-state index contributed by atoms with van der Waals surface area (Å²) in [5, 5.41) is 0. The lowest BCUT2D eigenvalue weighted by Gasteiger charge is -2.40. The van der Waals surface area contributed by atoms with E-state index < -0.39 is 0 Å². The Morgan fingerprint density at radius 3 is 2.29 bits per heavy atom. The van der Waals surface area contributed by atoms with Gasteiger partial charge in [0.1, 0.15) is 0 Å². The molecule has 0 spiro atoms. The standard InChI is InChI=1S/C14H26N2O/c1-13(2,10-15)11-4-8-16(9-5-11)12(17)14(3)6-7-14/h11H,4-10,15H2,1-3H3. The molecule has 1 aliphatic carbocycles. The molecule has 0 radical (unpaired) electrons. The minimum absolute atomic E-state index is 0.00375. The Bertz CT molecular complexity index is 299. The van der Waals surface area contributed by atoms with Gasteiger partial charge in [-0.25, -0.2) is 0 Å². The van der Waals surface area contributed by atoms with Crippen LogP contribution < -0.4 is 5.73 Å². The van der Waals surface area contributed by atoms with Crippen LogP contribution in [0.2, 0.25) is 0 Å². The second-order valence-corrected chi connectivity index (χ2v) is 6.82. The molecule has 0 unspecified atom stereocenters. The predicted octanol–water partition coefficient (Wildman–Crippen LogP) is 2.01. The SMILES string of the molecule is CC1(C(=O)N2CCC(C(C)(C)CN)CC2)CC1. The first-order valence-corrected chi connectivity index (χ1v) is 6.88. The largest absolute Gasteiger partial charge is 0.342 e. The first-order valence-electron chi connectivity index (χ1n) is 6.88. The Morgan fingerprint density at radius 2 is 1.88 bits per heavy atom. The van der Waals surface area contributed by atoms with Crippen LogP contribution in [0.3, 0.4) is 0 Å². The molecule has 2 rings (SSSR count). The van der Waals surface area contributed by atoms with Crippen LogP contribution in [0.4, 0.5) is 0 Å². The number of rotatable bonds is 3. The van der Waals surface area contributed by atoms with E-state index in [1.807, 2.05) is 0 Å². The van der Waals surface area contributed by atoms with Gasteiger partial charge in [0.15, 0.2) is 0 Å². The van der Waals surface area contributed by atoms with Gasteiger partial charge in [0.05, 0.1) is 0 Å². The van der Waals surface area contributed by atoms with Gasteiger partial charge in [-0.15, -0.1) is 0 Å². The summed E-state index contributed by atoms with van der Waals surface area (Å²) in [5.41, 5.74) is 6.05. The van der Waals surface area contributed by atoms with Crippen molar-refractivity contribution in [2.75, 3.05) is 19.6 Å². The summed E-state index contributed by atoms with van der Waals surface area (Å²) in [5.74, 6) is 1.06. The maximum absolute atomic E-state index is 12.2. The van der Waals surface area contributed by atoms with Crippen molar-refractivity contribution >= 4 is 5.91 Å². The quantitative estimate of drug-likeness (QED) is 0.817. The van der Waals surface area contributed by atoms with Gasteiger partial charge in [0.25, 0.3) is 0 Å². The molecule has 3 nitrogen and oxygen atoms in total. The summed E-state index contributed by atoms with van der Waals surface area (Å²) in [7, 11) is 0. The van der Waals surface area contributed by atoms with E-state index in [-0.39, 0.29) is 10.8 Å². The molecule has 0 aromatic carbocycles. The fourth-order valence-corrected chi connectivity index (χ4v) is 2.81. The average Bonchev–Trinajstić information content (AvgIpc) is 3.08. The summed E-state index contributed by atoms with van der Waals surface area (Å²) in [6.07, 6.45) is 4.40. The van der Waals surface area contributed by atoms with Crippen molar-refractivity contribution in [3.8, 4) is 0 Å². The van der Waals surface area contributed by atoms with Crippen LogP contribution >= 0.6 is 0 Å². The van der Waals surface area contributed by atoms with Crippen LogP contribution in [-0.4, -0.2) is 30.4 Å². The fraction of sp³-hybridized carbons (Fsp3) is 0.929. The number of amides is 1. The third kappa shape index (κ3) is 2.49. The van der Waals surface area contributed by atoms with Crippen LogP contribution in [0.15, 0.2) is 0 Å². The Kier molecular flexibility index (Phi) is 3.23. The van der Waals surface area contributed by atoms with Crippen LogP contribution in [0.25, 0.3) is 0 Å². The summed E-state index contributed by atoms with van der Waals surface area (Å²) < 4.78 is 0. The number of hydrogen-bond donors (Lipinski definition) is 1. The van der Waals surface area contributed by atoms with Gasteiger partial charge in [0, 0.05) is 18.5 Å². The molecule has 1 saturated heterocycles. The average molecular weight is 238 g/mol. The topological polar surface area (TPSA) is 46.3 Å². The zero-order chi connectivity index (χ0) is 12.7. The first kappa shape index (κ1) is 12.9. The molecule has 17 heavy (non-hydrogen) atoms. The van der Waals surface area contributed by atoms with Crippen molar-refractivity contribution in [1.82, 2.24) is 4.90 Å². The Hall–Kier alpha value is -0.570. The number of carbonyl (C=O) groups is 1. The van der Waals surface area contributed by atoms with Crippen LogP contribution in [0.1, 0.15) is 46.5 Å².